The number of nitrogens with one attached hydrogen (secondary N) is 2. The van der Waals surface area contributed by atoms with E-state index in [0.717, 1.165) is 19.6 Å². The zero-order valence-corrected chi connectivity index (χ0v) is 18.0. The number of nitrogens with zero attached hydrogens (tertiary/aromatic N) is 2. The fraction of sp³-hybridized carbons (Fsp3) is 0.650. The van der Waals surface area contributed by atoms with Crippen LogP contribution in [0.3, 0.4) is 0 Å². The minimum absolute atomic E-state index is 0.105. The molecule has 0 aromatic heterocycles. The van der Waals surface area contributed by atoms with Crippen LogP contribution in [-0.2, 0) is 22.1 Å². The number of halogens is 1. The van der Waals surface area contributed by atoms with E-state index in [1.807, 2.05) is 0 Å². The van der Waals surface area contributed by atoms with Crippen molar-refractivity contribution in [1.82, 2.24) is 15.5 Å². The lowest BCUT2D eigenvalue weighted by molar-refractivity contribution is 0.185. The number of piperidine rings is 1. The van der Waals surface area contributed by atoms with E-state index >= 15 is 0 Å². The maximum atomic E-state index is 13.6. The van der Waals surface area contributed by atoms with Gasteiger partial charge in [0.2, 0.25) is 0 Å². The Morgan fingerprint density at radius 3 is 2.57 bits per heavy atom. The van der Waals surface area contributed by atoms with E-state index in [4.69, 9.17) is 0 Å². The third-order valence-electron chi connectivity index (χ3n) is 5.06. The Morgan fingerprint density at radius 1 is 1.25 bits per heavy atom. The molecule has 1 aliphatic rings. The molecule has 1 aromatic rings. The van der Waals surface area contributed by atoms with E-state index in [1.54, 1.807) is 7.05 Å². The molecule has 0 atom stereocenters. The molecule has 0 unspecified atom stereocenters. The quantitative estimate of drug-likeness (QED) is 0.506. The third-order valence-corrected chi connectivity index (χ3v) is 5.90. The van der Waals surface area contributed by atoms with E-state index < -0.39 is 9.84 Å². The van der Waals surface area contributed by atoms with E-state index in [9.17, 15) is 12.8 Å². The molecule has 0 radical (unpaired) electrons. The van der Waals surface area contributed by atoms with Gasteiger partial charge in [0.15, 0.2) is 15.8 Å². The Balaban J connectivity index is 1.86. The number of benzene rings is 1. The molecule has 1 heterocycles. The summed E-state index contributed by atoms with van der Waals surface area (Å²) < 4.78 is 36.9. The molecule has 28 heavy (non-hydrogen) atoms. The number of hydrogen-bond acceptors (Lipinski definition) is 4. The topological polar surface area (TPSA) is 73.8 Å². The SMILES string of the molecule is CCCN1CCC(CNC(=NC)NCc2cc(F)ccc2CS(C)(=O)=O)CC1. The summed E-state index contributed by atoms with van der Waals surface area (Å²) in [7, 11) is -1.49. The Labute approximate surface area is 168 Å². The Hall–Kier alpha value is -1.67. The van der Waals surface area contributed by atoms with E-state index in [-0.39, 0.29) is 11.6 Å². The highest BCUT2D eigenvalue weighted by atomic mass is 32.2. The molecule has 1 aromatic carbocycles. The van der Waals surface area contributed by atoms with Crippen molar-refractivity contribution in [3.63, 3.8) is 0 Å². The smallest absolute Gasteiger partial charge is 0.191 e. The van der Waals surface area contributed by atoms with Crippen molar-refractivity contribution in [1.29, 1.82) is 0 Å². The van der Waals surface area contributed by atoms with Crippen LogP contribution in [0.2, 0.25) is 0 Å². The van der Waals surface area contributed by atoms with Gasteiger partial charge in [-0.25, -0.2) is 12.8 Å². The highest BCUT2D eigenvalue weighted by Gasteiger charge is 2.18. The highest BCUT2D eigenvalue weighted by Crippen LogP contribution is 2.17. The standard InChI is InChI=1S/C20H33FN4O2S/c1-4-9-25-10-7-16(8-11-25)13-23-20(22-2)24-14-18-12-19(21)6-5-17(18)15-28(3,26)27/h5-6,12,16H,4,7-11,13-15H2,1-3H3,(H2,22,23,24). The van der Waals surface area contributed by atoms with Crippen molar-refractivity contribution in [2.75, 3.05) is 39.5 Å². The first kappa shape index (κ1) is 22.6. The van der Waals surface area contributed by atoms with Gasteiger partial charge in [-0.2, -0.15) is 0 Å². The predicted octanol–water partition coefficient (Wildman–Crippen LogP) is 2.16. The zero-order valence-electron chi connectivity index (χ0n) is 17.2. The van der Waals surface area contributed by atoms with Crippen LogP contribution in [0.4, 0.5) is 4.39 Å². The molecule has 0 bridgehead atoms. The summed E-state index contributed by atoms with van der Waals surface area (Å²) >= 11 is 0. The maximum absolute atomic E-state index is 13.6. The van der Waals surface area contributed by atoms with Crippen LogP contribution < -0.4 is 10.6 Å². The van der Waals surface area contributed by atoms with Crippen LogP contribution in [0.25, 0.3) is 0 Å². The fourth-order valence-corrected chi connectivity index (χ4v) is 4.40. The normalized spacial score (nSPS) is 16.9. The summed E-state index contributed by atoms with van der Waals surface area (Å²) in [6.07, 6.45) is 4.72. The average Bonchev–Trinajstić information content (AvgIpc) is 2.64. The van der Waals surface area contributed by atoms with Gasteiger partial charge in [-0.15, -0.1) is 0 Å². The number of sulfone groups is 1. The van der Waals surface area contributed by atoms with Gasteiger partial charge in [-0.1, -0.05) is 13.0 Å². The summed E-state index contributed by atoms with van der Waals surface area (Å²) in [6, 6.07) is 4.21. The summed E-state index contributed by atoms with van der Waals surface area (Å²) in [5.41, 5.74) is 1.23. The molecule has 1 aliphatic heterocycles. The van der Waals surface area contributed by atoms with Crippen LogP contribution in [0.1, 0.15) is 37.3 Å². The van der Waals surface area contributed by atoms with Crippen molar-refractivity contribution in [3.05, 3.63) is 35.1 Å². The van der Waals surface area contributed by atoms with Gasteiger partial charge in [0.25, 0.3) is 0 Å². The van der Waals surface area contributed by atoms with Crippen LogP contribution in [0.15, 0.2) is 23.2 Å². The minimum Gasteiger partial charge on any atom is -0.356 e. The van der Waals surface area contributed by atoms with Gasteiger partial charge in [0.05, 0.1) is 5.75 Å². The molecule has 1 fully saturated rings. The molecule has 2 N–H and O–H groups in total. The third kappa shape index (κ3) is 7.75. The first-order valence-corrected chi connectivity index (χ1v) is 12.0. The lowest BCUT2D eigenvalue weighted by Gasteiger charge is -2.32. The lowest BCUT2D eigenvalue weighted by atomic mass is 9.97. The Bertz CT molecular complexity index is 759. The molecular weight excluding hydrogens is 379 g/mol. The summed E-state index contributed by atoms with van der Waals surface area (Å²) in [4.78, 5) is 6.74. The molecule has 2 rings (SSSR count). The number of likely N-dealkylation sites (tertiary alicyclic amines) is 1. The molecule has 0 saturated carbocycles. The van der Waals surface area contributed by atoms with Crippen LogP contribution in [0, 0.1) is 11.7 Å². The maximum Gasteiger partial charge on any atom is 0.191 e. The van der Waals surface area contributed by atoms with Crippen molar-refractivity contribution in [3.8, 4) is 0 Å². The van der Waals surface area contributed by atoms with Crippen LogP contribution in [0.5, 0.6) is 0 Å². The second-order valence-corrected chi connectivity index (χ2v) is 9.71. The van der Waals surface area contributed by atoms with Crippen molar-refractivity contribution in [2.45, 2.75) is 38.5 Å². The van der Waals surface area contributed by atoms with Crippen LogP contribution >= 0.6 is 0 Å². The summed E-state index contributed by atoms with van der Waals surface area (Å²) in [6.45, 7) is 6.83. The first-order valence-electron chi connectivity index (χ1n) is 9.92. The molecule has 158 valence electrons. The molecule has 0 aliphatic carbocycles. The second kappa shape index (κ2) is 10.8. The second-order valence-electron chi connectivity index (χ2n) is 7.57. The Morgan fingerprint density at radius 2 is 1.96 bits per heavy atom. The van der Waals surface area contributed by atoms with E-state index in [1.165, 1.54) is 50.3 Å². The highest BCUT2D eigenvalue weighted by molar-refractivity contribution is 7.89. The molecule has 6 nitrogen and oxygen atoms in total. The fourth-order valence-electron chi connectivity index (χ4n) is 3.55. The molecule has 8 heteroatoms. The van der Waals surface area contributed by atoms with E-state index in [0.29, 0.717) is 29.5 Å². The zero-order chi connectivity index (χ0) is 20.6. The minimum atomic E-state index is -3.19. The van der Waals surface area contributed by atoms with Gasteiger partial charge in [-0.3, -0.25) is 4.99 Å². The van der Waals surface area contributed by atoms with Crippen molar-refractivity contribution >= 4 is 15.8 Å². The Kier molecular flexibility index (Phi) is 8.69. The number of rotatable bonds is 8. The van der Waals surface area contributed by atoms with Crippen LogP contribution in [-0.4, -0.2) is 58.8 Å². The summed E-state index contributed by atoms with van der Waals surface area (Å²) in [5, 5.41) is 6.52. The van der Waals surface area contributed by atoms with E-state index in [2.05, 4.69) is 27.4 Å². The predicted molar refractivity (Wildman–Crippen MR) is 113 cm³/mol. The van der Waals surface area contributed by atoms with Crippen molar-refractivity contribution in [2.24, 2.45) is 10.9 Å². The van der Waals surface area contributed by atoms with Gasteiger partial charge >= 0.3 is 0 Å². The summed E-state index contributed by atoms with van der Waals surface area (Å²) in [5.74, 6) is 0.773. The first-order chi connectivity index (χ1) is 13.3. The number of guanidine groups is 1. The lowest BCUT2D eigenvalue weighted by Crippen LogP contribution is -2.42. The monoisotopic (exact) mass is 412 g/mol. The van der Waals surface area contributed by atoms with Gasteiger partial charge in [0.1, 0.15) is 5.82 Å². The molecule has 1 saturated heterocycles. The largest absolute Gasteiger partial charge is 0.356 e. The molecule has 0 amide bonds. The molecular formula is C20H33FN4O2S. The van der Waals surface area contributed by atoms with Gasteiger partial charge < -0.3 is 15.5 Å². The average molecular weight is 413 g/mol. The number of aliphatic imine (C=N–C) groups is 1. The van der Waals surface area contributed by atoms with Gasteiger partial charge in [-0.05, 0) is 68.1 Å². The van der Waals surface area contributed by atoms with Crippen molar-refractivity contribution < 1.29 is 12.8 Å². The molecule has 0 spiro atoms. The number of hydrogen-bond donors (Lipinski definition) is 2. The van der Waals surface area contributed by atoms with Gasteiger partial charge in [0, 0.05) is 26.4 Å².